The molecule has 2 atom stereocenters. The first kappa shape index (κ1) is 17.8. The highest BCUT2D eigenvalue weighted by atomic mass is 35.5. The van der Waals surface area contributed by atoms with Gasteiger partial charge in [-0.1, -0.05) is 23.2 Å². The number of anilines is 1. The van der Waals surface area contributed by atoms with Crippen molar-refractivity contribution < 1.29 is 14.0 Å². The van der Waals surface area contributed by atoms with Crippen LogP contribution < -0.4 is 4.90 Å². The Hall–Kier alpha value is -1.04. The predicted molar refractivity (Wildman–Crippen MR) is 92.3 cm³/mol. The fourth-order valence-electron chi connectivity index (χ4n) is 3.07. The molecule has 3 rings (SSSR count). The third-order valence-electron chi connectivity index (χ3n) is 4.56. The predicted octanol–water partition coefficient (Wildman–Crippen LogP) is 3.25. The summed E-state index contributed by atoms with van der Waals surface area (Å²) in [6, 6.07) is 3.77. The minimum Gasteiger partial charge on any atom is -0.332 e. The first-order valence-corrected chi connectivity index (χ1v) is 8.63. The Kier molecular flexibility index (Phi) is 4.26. The third-order valence-corrected chi connectivity index (χ3v) is 6.29. The Morgan fingerprint density at radius 2 is 1.96 bits per heavy atom. The fourth-order valence-corrected chi connectivity index (χ4v) is 4.10. The van der Waals surface area contributed by atoms with Gasteiger partial charge in [0.25, 0.3) is 0 Å². The zero-order chi connectivity index (χ0) is 17.9. The Balaban J connectivity index is 1.78. The van der Waals surface area contributed by atoms with Crippen molar-refractivity contribution in [3.8, 4) is 0 Å². The lowest BCUT2D eigenvalue weighted by Crippen LogP contribution is -2.47. The molecule has 1 heterocycles. The van der Waals surface area contributed by atoms with Crippen LogP contribution in [0.2, 0.25) is 0 Å². The summed E-state index contributed by atoms with van der Waals surface area (Å²) >= 11 is 18.1. The topological polar surface area (TPSA) is 40.6 Å². The molecule has 24 heavy (non-hydrogen) atoms. The van der Waals surface area contributed by atoms with E-state index >= 15 is 0 Å². The van der Waals surface area contributed by atoms with Crippen molar-refractivity contribution in [2.24, 2.45) is 0 Å². The number of hydrogen-bond donors (Lipinski definition) is 0. The maximum Gasteiger partial charge on any atom is 0.249 e. The lowest BCUT2D eigenvalue weighted by molar-refractivity contribution is -0.137. The Bertz CT molecular complexity index is 707. The lowest BCUT2D eigenvalue weighted by atomic mass is 10.2. The summed E-state index contributed by atoms with van der Waals surface area (Å²) in [6.07, 6.45) is 0.572. The van der Waals surface area contributed by atoms with E-state index in [2.05, 4.69) is 0 Å². The van der Waals surface area contributed by atoms with Crippen LogP contribution in [-0.4, -0.2) is 45.6 Å². The summed E-state index contributed by atoms with van der Waals surface area (Å²) < 4.78 is 12.3. The normalized spacial score (nSPS) is 28.2. The molecule has 1 saturated heterocycles. The fraction of sp³-hybridized carbons (Fsp3) is 0.500. The number of halogens is 4. The summed E-state index contributed by atoms with van der Waals surface area (Å²) in [5, 5.41) is 0. The van der Waals surface area contributed by atoms with Gasteiger partial charge < -0.3 is 9.80 Å². The molecule has 1 aliphatic heterocycles. The minimum absolute atomic E-state index is 0.140. The molecule has 2 fully saturated rings. The molecule has 0 aromatic heterocycles. The first-order valence-electron chi connectivity index (χ1n) is 7.49. The number of amides is 2. The van der Waals surface area contributed by atoms with Crippen LogP contribution in [-0.2, 0) is 9.59 Å². The van der Waals surface area contributed by atoms with Gasteiger partial charge in [0.05, 0.1) is 0 Å². The standard InChI is InChI=1S/C16H16Cl3FN2O2/c1-9-5-10(20)7-11(6-9)22-4-3-12(13(22)23)21(2)14(24)15(17)8-16(15,18)19/h5-7,12H,3-4,8H2,1-2H3. The first-order chi connectivity index (χ1) is 11.1. The number of rotatable bonds is 3. The van der Waals surface area contributed by atoms with Crippen LogP contribution in [0.5, 0.6) is 0 Å². The van der Waals surface area contributed by atoms with Gasteiger partial charge in [-0.25, -0.2) is 4.39 Å². The zero-order valence-electron chi connectivity index (χ0n) is 13.2. The van der Waals surface area contributed by atoms with E-state index in [1.807, 2.05) is 0 Å². The maximum absolute atomic E-state index is 13.6. The van der Waals surface area contributed by atoms with Crippen molar-refractivity contribution in [1.29, 1.82) is 0 Å². The number of nitrogens with zero attached hydrogens (tertiary/aromatic N) is 2. The van der Waals surface area contributed by atoms with Crippen LogP contribution in [0, 0.1) is 12.7 Å². The summed E-state index contributed by atoms with van der Waals surface area (Å²) in [5.74, 6) is -1.14. The average molecular weight is 394 g/mol. The third kappa shape index (κ3) is 2.76. The van der Waals surface area contributed by atoms with Crippen LogP contribution in [0.1, 0.15) is 18.4 Å². The van der Waals surface area contributed by atoms with Crippen LogP contribution in [0.4, 0.5) is 10.1 Å². The van der Waals surface area contributed by atoms with E-state index < -0.39 is 27.0 Å². The van der Waals surface area contributed by atoms with E-state index in [0.29, 0.717) is 18.7 Å². The van der Waals surface area contributed by atoms with Gasteiger partial charge in [-0.05, 0) is 37.1 Å². The molecule has 0 bridgehead atoms. The molecule has 1 aliphatic carbocycles. The van der Waals surface area contributed by atoms with Gasteiger partial charge in [0.2, 0.25) is 11.8 Å². The van der Waals surface area contributed by atoms with Crippen molar-refractivity contribution in [3.05, 3.63) is 29.6 Å². The van der Waals surface area contributed by atoms with Gasteiger partial charge in [-0.3, -0.25) is 9.59 Å². The van der Waals surface area contributed by atoms with Crippen LogP contribution >= 0.6 is 34.8 Å². The van der Waals surface area contributed by atoms with Crippen molar-refractivity contribution in [1.82, 2.24) is 4.90 Å². The van der Waals surface area contributed by atoms with Crippen molar-refractivity contribution in [3.63, 3.8) is 0 Å². The second kappa shape index (κ2) is 5.75. The summed E-state index contributed by atoms with van der Waals surface area (Å²) in [4.78, 5) is 26.6. The second-order valence-electron chi connectivity index (χ2n) is 6.38. The van der Waals surface area contributed by atoms with Crippen molar-refractivity contribution in [2.75, 3.05) is 18.5 Å². The number of aryl methyl sites for hydroxylation is 1. The summed E-state index contributed by atoms with van der Waals surface area (Å²) in [6.45, 7) is 2.15. The highest BCUT2D eigenvalue weighted by Crippen LogP contribution is 2.62. The molecule has 2 unspecified atom stereocenters. The van der Waals surface area contributed by atoms with E-state index in [9.17, 15) is 14.0 Å². The number of alkyl halides is 3. The number of benzene rings is 1. The summed E-state index contributed by atoms with van der Waals surface area (Å²) in [5.41, 5.74) is 1.20. The minimum atomic E-state index is -1.38. The number of hydrogen-bond acceptors (Lipinski definition) is 2. The molecular formula is C16H16Cl3FN2O2. The Morgan fingerprint density at radius 1 is 1.33 bits per heavy atom. The monoisotopic (exact) mass is 392 g/mol. The highest BCUT2D eigenvalue weighted by molar-refractivity contribution is 6.62. The van der Waals surface area contributed by atoms with Gasteiger partial charge >= 0.3 is 0 Å². The van der Waals surface area contributed by atoms with Gasteiger partial charge in [0.1, 0.15) is 16.2 Å². The van der Waals surface area contributed by atoms with E-state index in [1.54, 1.807) is 13.0 Å². The van der Waals surface area contributed by atoms with Crippen molar-refractivity contribution in [2.45, 2.75) is 35.0 Å². The summed E-state index contributed by atoms with van der Waals surface area (Å²) in [7, 11) is 1.51. The molecular weight excluding hydrogens is 378 g/mol. The molecule has 130 valence electrons. The molecule has 2 aliphatic rings. The SMILES string of the molecule is Cc1cc(F)cc(N2CCC(N(C)C(=O)C3(Cl)CC3(Cl)Cl)C2=O)c1. The smallest absolute Gasteiger partial charge is 0.249 e. The molecule has 4 nitrogen and oxygen atoms in total. The lowest BCUT2D eigenvalue weighted by Gasteiger charge is -2.26. The van der Waals surface area contributed by atoms with Crippen LogP contribution in [0.25, 0.3) is 0 Å². The number of carbonyl (C=O) groups excluding carboxylic acids is 2. The molecule has 1 aromatic rings. The molecule has 1 aromatic carbocycles. The second-order valence-corrected chi connectivity index (χ2v) is 8.51. The number of carbonyl (C=O) groups is 2. The highest BCUT2D eigenvalue weighted by Gasteiger charge is 2.72. The van der Waals surface area contributed by atoms with Gasteiger partial charge in [0.15, 0.2) is 4.87 Å². The zero-order valence-corrected chi connectivity index (χ0v) is 15.4. The molecule has 0 spiro atoms. The quantitative estimate of drug-likeness (QED) is 0.740. The maximum atomic E-state index is 13.6. The molecule has 2 amide bonds. The Labute approximate surface area is 154 Å². The number of likely N-dealkylation sites (N-methyl/N-ethyl adjacent to an activating group) is 1. The van der Waals surface area contributed by atoms with E-state index in [4.69, 9.17) is 34.8 Å². The van der Waals surface area contributed by atoms with E-state index in [0.717, 1.165) is 5.56 Å². The van der Waals surface area contributed by atoms with Crippen molar-refractivity contribution >= 4 is 52.3 Å². The van der Waals surface area contributed by atoms with Gasteiger partial charge in [-0.2, -0.15) is 0 Å². The molecule has 0 N–H and O–H groups in total. The van der Waals surface area contributed by atoms with Gasteiger partial charge in [0, 0.05) is 25.7 Å². The molecule has 8 heteroatoms. The van der Waals surface area contributed by atoms with E-state index in [1.165, 1.54) is 29.0 Å². The molecule has 1 saturated carbocycles. The van der Waals surface area contributed by atoms with Crippen LogP contribution in [0.15, 0.2) is 18.2 Å². The Morgan fingerprint density at radius 3 is 2.50 bits per heavy atom. The largest absolute Gasteiger partial charge is 0.332 e. The van der Waals surface area contributed by atoms with Crippen LogP contribution in [0.3, 0.4) is 0 Å². The average Bonchev–Trinajstić information content (AvgIpc) is 2.81. The van der Waals surface area contributed by atoms with Gasteiger partial charge in [-0.15, -0.1) is 11.6 Å². The molecule has 0 radical (unpaired) electrons. The van der Waals surface area contributed by atoms with E-state index in [-0.39, 0.29) is 12.3 Å².